The summed E-state index contributed by atoms with van der Waals surface area (Å²) in [4.78, 5) is 0. The van der Waals surface area contributed by atoms with Gasteiger partial charge in [0.2, 0.25) is 0 Å². The summed E-state index contributed by atoms with van der Waals surface area (Å²) in [6.07, 6.45) is 1.17. The standard InChI is InChI=1S/C6H3BrF2N2/c7-4-1-5(2-10)11(3-4)6(8)9/h1,3,6H. The molecule has 2 nitrogen and oxygen atoms in total. The van der Waals surface area contributed by atoms with Gasteiger partial charge in [-0.05, 0) is 22.0 Å². The van der Waals surface area contributed by atoms with E-state index in [2.05, 4.69) is 15.9 Å². The molecule has 1 aromatic heterocycles. The maximum Gasteiger partial charge on any atom is 0.319 e. The molecular formula is C6H3BrF2N2. The first kappa shape index (κ1) is 8.21. The van der Waals surface area contributed by atoms with E-state index in [-0.39, 0.29) is 5.69 Å². The Morgan fingerprint density at radius 2 is 2.27 bits per heavy atom. The molecule has 0 saturated heterocycles. The number of rotatable bonds is 1. The van der Waals surface area contributed by atoms with E-state index in [0.29, 0.717) is 9.04 Å². The van der Waals surface area contributed by atoms with Gasteiger partial charge in [-0.15, -0.1) is 0 Å². The second kappa shape index (κ2) is 3.01. The molecule has 0 spiro atoms. The minimum atomic E-state index is -2.66. The van der Waals surface area contributed by atoms with E-state index >= 15 is 0 Å². The van der Waals surface area contributed by atoms with Gasteiger partial charge in [0.05, 0.1) is 0 Å². The molecule has 0 aromatic carbocycles. The van der Waals surface area contributed by atoms with E-state index < -0.39 is 6.55 Å². The van der Waals surface area contributed by atoms with Crippen LogP contribution < -0.4 is 0 Å². The Morgan fingerprint density at radius 3 is 2.64 bits per heavy atom. The lowest BCUT2D eigenvalue weighted by Crippen LogP contribution is -1.97. The van der Waals surface area contributed by atoms with Gasteiger partial charge in [0.25, 0.3) is 0 Å². The lowest BCUT2D eigenvalue weighted by molar-refractivity contribution is 0.0697. The molecule has 1 heterocycles. The van der Waals surface area contributed by atoms with Gasteiger partial charge in [0, 0.05) is 10.7 Å². The molecule has 0 aliphatic carbocycles. The zero-order valence-corrected chi connectivity index (χ0v) is 6.85. The molecule has 1 rings (SSSR count). The highest BCUT2D eigenvalue weighted by atomic mass is 79.9. The van der Waals surface area contributed by atoms with Crippen LogP contribution in [0.1, 0.15) is 12.2 Å². The molecule has 58 valence electrons. The Kier molecular flexibility index (Phi) is 2.25. The summed E-state index contributed by atoms with van der Waals surface area (Å²) in [6.45, 7) is -2.66. The number of aromatic nitrogens is 1. The SMILES string of the molecule is N#Cc1cc(Br)cn1C(F)F. The second-order valence-corrected chi connectivity index (χ2v) is 2.76. The molecule has 0 radical (unpaired) electrons. The van der Waals surface area contributed by atoms with Crippen LogP contribution in [0, 0.1) is 11.3 Å². The van der Waals surface area contributed by atoms with Crippen LogP contribution in [-0.4, -0.2) is 4.57 Å². The van der Waals surface area contributed by atoms with Crippen LogP contribution in [0.2, 0.25) is 0 Å². The average molecular weight is 221 g/mol. The van der Waals surface area contributed by atoms with Crippen molar-refractivity contribution in [2.45, 2.75) is 6.55 Å². The minimum Gasteiger partial charge on any atom is -0.281 e. The molecule has 1 aromatic rings. The first-order chi connectivity index (χ1) is 5.15. The Bertz CT molecular complexity index is 300. The first-order valence-corrected chi connectivity index (χ1v) is 3.50. The van der Waals surface area contributed by atoms with E-state index in [1.807, 2.05) is 0 Å². The van der Waals surface area contributed by atoms with Crippen molar-refractivity contribution in [3.8, 4) is 6.07 Å². The molecule has 0 atom stereocenters. The van der Waals surface area contributed by atoms with Gasteiger partial charge in [-0.3, -0.25) is 4.57 Å². The first-order valence-electron chi connectivity index (χ1n) is 2.71. The third-order valence-electron chi connectivity index (χ3n) is 1.14. The Labute approximate surface area is 70.2 Å². The van der Waals surface area contributed by atoms with Gasteiger partial charge in [-0.1, -0.05) is 0 Å². The van der Waals surface area contributed by atoms with Gasteiger partial charge in [-0.2, -0.15) is 14.0 Å². The Morgan fingerprint density at radius 1 is 1.64 bits per heavy atom. The predicted molar refractivity (Wildman–Crippen MR) is 38.1 cm³/mol. The highest BCUT2D eigenvalue weighted by Crippen LogP contribution is 2.20. The summed E-state index contributed by atoms with van der Waals surface area (Å²) in [7, 11) is 0. The van der Waals surface area contributed by atoms with Gasteiger partial charge in [0.1, 0.15) is 11.8 Å². The largest absolute Gasteiger partial charge is 0.319 e. The van der Waals surface area contributed by atoms with Crippen molar-refractivity contribution < 1.29 is 8.78 Å². The Balaban J connectivity index is 3.15. The van der Waals surface area contributed by atoms with E-state index in [1.165, 1.54) is 12.3 Å². The van der Waals surface area contributed by atoms with Crippen molar-refractivity contribution in [2.24, 2.45) is 0 Å². The zero-order chi connectivity index (χ0) is 8.43. The van der Waals surface area contributed by atoms with E-state index in [9.17, 15) is 8.78 Å². The van der Waals surface area contributed by atoms with Crippen LogP contribution >= 0.6 is 15.9 Å². The second-order valence-electron chi connectivity index (χ2n) is 1.84. The lowest BCUT2D eigenvalue weighted by Gasteiger charge is -1.99. The fraction of sp³-hybridized carbons (Fsp3) is 0.167. The van der Waals surface area contributed by atoms with Crippen molar-refractivity contribution in [1.29, 1.82) is 5.26 Å². The van der Waals surface area contributed by atoms with Gasteiger partial charge in [0.15, 0.2) is 0 Å². The van der Waals surface area contributed by atoms with Gasteiger partial charge in [-0.25, -0.2) is 0 Å². The molecule has 0 unspecified atom stereocenters. The van der Waals surface area contributed by atoms with Crippen LogP contribution in [0.15, 0.2) is 16.7 Å². The average Bonchev–Trinajstić information content (AvgIpc) is 2.30. The maximum atomic E-state index is 12.0. The van der Waals surface area contributed by atoms with Crippen LogP contribution in [0.4, 0.5) is 8.78 Å². The van der Waals surface area contributed by atoms with Crippen LogP contribution in [0.25, 0.3) is 0 Å². The molecule has 5 heteroatoms. The normalized spacial score (nSPS) is 10.1. The summed E-state index contributed by atoms with van der Waals surface area (Å²) >= 11 is 2.99. The monoisotopic (exact) mass is 220 g/mol. The molecule has 0 amide bonds. The summed E-state index contributed by atoms with van der Waals surface area (Å²) in [5, 5.41) is 8.36. The lowest BCUT2D eigenvalue weighted by atomic mass is 10.5. The molecule has 0 aliphatic rings. The van der Waals surface area contributed by atoms with Crippen molar-refractivity contribution in [2.75, 3.05) is 0 Å². The van der Waals surface area contributed by atoms with Crippen molar-refractivity contribution in [3.05, 3.63) is 22.4 Å². The fourth-order valence-corrected chi connectivity index (χ4v) is 1.13. The predicted octanol–water partition coefficient (Wildman–Crippen LogP) is 2.52. The quantitative estimate of drug-likeness (QED) is 0.716. The highest BCUT2D eigenvalue weighted by Gasteiger charge is 2.10. The molecular weight excluding hydrogens is 218 g/mol. The highest BCUT2D eigenvalue weighted by molar-refractivity contribution is 9.10. The van der Waals surface area contributed by atoms with E-state index in [4.69, 9.17) is 5.26 Å². The van der Waals surface area contributed by atoms with Crippen molar-refractivity contribution in [1.82, 2.24) is 4.57 Å². The molecule has 0 fully saturated rings. The molecule has 0 bridgehead atoms. The van der Waals surface area contributed by atoms with Crippen molar-refractivity contribution >= 4 is 15.9 Å². The summed E-state index contributed by atoms with van der Waals surface area (Å²) in [5.74, 6) is 0. The van der Waals surface area contributed by atoms with Crippen LogP contribution in [-0.2, 0) is 0 Å². The third kappa shape index (κ3) is 1.57. The molecule has 11 heavy (non-hydrogen) atoms. The number of nitrogens with zero attached hydrogens (tertiary/aromatic N) is 2. The Hall–Kier alpha value is -0.890. The summed E-state index contributed by atoms with van der Waals surface area (Å²) in [5.41, 5.74) is -0.0492. The zero-order valence-electron chi connectivity index (χ0n) is 5.26. The summed E-state index contributed by atoms with van der Waals surface area (Å²) < 4.78 is 25.1. The number of nitriles is 1. The number of hydrogen-bond donors (Lipinski definition) is 0. The summed E-state index contributed by atoms with van der Waals surface area (Å²) in [6, 6.07) is 2.99. The number of alkyl halides is 2. The van der Waals surface area contributed by atoms with Crippen LogP contribution in [0.3, 0.4) is 0 Å². The maximum absolute atomic E-state index is 12.0. The fourth-order valence-electron chi connectivity index (χ4n) is 0.696. The van der Waals surface area contributed by atoms with Gasteiger partial charge >= 0.3 is 6.55 Å². The molecule has 0 aliphatic heterocycles. The third-order valence-corrected chi connectivity index (χ3v) is 1.57. The van der Waals surface area contributed by atoms with Crippen LogP contribution in [0.5, 0.6) is 0 Å². The van der Waals surface area contributed by atoms with E-state index in [1.54, 1.807) is 6.07 Å². The van der Waals surface area contributed by atoms with Gasteiger partial charge < -0.3 is 0 Å². The van der Waals surface area contributed by atoms with E-state index in [0.717, 1.165) is 0 Å². The number of halogens is 3. The molecule has 0 saturated carbocycles. The number of hydrogen-bond acceptors (Lipinski definition) is 1. The minimum absolute atomic E-state index is 0.0492. The topological polar surface area (TPSA) is 28.7 Å². The molecule has 0 N–H and O–H groups in total. The van der Waals surface area contributed by atoms with Crippen molar-refractivity contribution in [3.63, 3.8) is 0 Å². The smallest absolute Gasteiger partial charge is 0.281 e.